The predicted molar refractivity (Wildman–Crippen MR) is 117 cm³/mol. The van der Waals surface area contributed by atoms with E-state index < -0.39 is 5.97 Å². The number of nitrogens with one attached hydrogen (secondary N) is 1. The van der Waals surface area contributed by atoms with E-state index in [2.05, 4.69) is 20.7 Å². The number of fused-ring (bicyclic) bond motifs is 1. The largest absolute Gasteiger partial charge is 0.465 e. The van der Waals surface area contributed by atoms with Crippen molar-refractivity contribution in [2.24, 2.45) is 0 Å². The van der Waals surface area contributed by atoms with E-state index in [-0.39, 0.29) is 5.82 Å². The molecule has 1 heterocycles. The Bertz CT molecular complexity index is 1180. The Kier molecular flexibility index (Phi) is 5.60. The average molecular weight is 472 g/mol. The van der Waals surface area contributed by atoms with E-state index in [1.54, 1.807) is 12.1 Å². The van der Waals surface area contributed by atoms with Gasteiger partial charge in [-0.2, -0.15) is 0 Å². The van der Waals surface area contributed by atoms with Crippen LogP contribution in [0.1, 0.15) is 10.4 Å². The minimum absolute atomic E-state index is 0.303. The Hall–Kier alpha value is -2.77. The van der Waals surface area contributed by atoms with Gasteiger partial charge in [0.2, 0.25) is 0 Å². The molecular formula is C22H15BrFNO3S. The molecule has 0 aliphatic heterocycles. The van der Waals surface area contributed by atoms with Crippen LogP contribution in [0.4, 0.5) is 10.1 Å². The first-order valence-electron chi connectivity index (χ1n) is 8.65. The molecule has 0 aliphatic carbocycles. The first kappa shape index (κ1) is 19.5. The number of carbonyl (C=O) groups excluding carboxylic acids is 1. The summed E-state index contributed by atoms with van der Waals surface area (Å²) in [7, 11) is 1.32. The molecule has 4 aromatic rings. The average Bonchev–Trinajstić information content (AvgIpc) is 3.11. The van der Waals surface area contributed by atoms with Crippen LogP contribution in [0.3, 0.4) is 0 Å². The zero-order chi connectivity index (χ0) is 20.4. The normalized spacial score (nSPS) is 10.9. The molecule has 0 fully saturated rings. The summed E-state index contributed by atoms with van der Waals surface area (Å²) >= 11 is 5.01. The Morgan fingerprint density at radius 1 is 1.10 bits per heavy atom. The molecule has 7 heteroatoms. The summed E-state index contributed by atoms with van der Waals surface area (Å²) in [6.45, 7) is 0. The van der Waals surface area contributed by atoms with Gasteiger partial charge in [0.25, 0.3) is 0 Å². The van der Waals surface area contributed by atoms with Gasteiger partial charge in [-0.3, -0.25) is 0 Å². The molecule has 0 unspecified atom stereocenters. The SMILES string of the molecule is COC(=O)c1c(-c2ccc(F)cc2)oc2cc(NSc3ccccc3)c(Br)cc12. The molecule has 1 N–H and O–H groups in total. The van der Waals surface area contributed by atoms with Gasteiger partial charge in [0.15, 0.2) is 0 Å². The minimum atomic E-state index is -0.519. The summed E-state index contributed by atoms with van der Waals surface area (Å²) in [5.41, 5.74) is 2.20. The molecule has 1 aromatic heterocycles. The van der Waals surface area contributed by atoms with Crippen molar-refractivity contribution in [2.75, 3.05) is 11.8 Å². The van der Waals surface area contributed by atoms with Crippen LogP contribution >= 0.6 is 27.9 Å². The van der Waals surface area contributed by atoms with E-state index in [1.807, 2.05) is 42.5 Å². The molecule has 0 aliphatic rings. The smallest absolute Gasteiger partial charge is 0.342 e. The fraction of sp³-hybridized carbons (Fsp3) is 0.0455. The number of hydrogen-bond donors (Lipinski definition) is 1. The highest BCUT2D eigenvalue weighted by atomic mass is 79.9. The number of ether oxygens (including phenoxy) is 1. The van der Waals surface area contributed by atoms with Gasteiger partial charge in [0.1, 0.15) is 22.7 Å². The van der Waals surface area contributed by atoms with E-state index in [0.717, 1.165) is 15.1 Å². The lowest BCUT2D eigenvalue weighted by molar-refractivity contribution is 0.0603. The second-order valence-corrected chi connectivity index (χ2v) is 7.88. The second-order valence-electron chi connectivity index (χ2n) is 6.15. The van der Waals surface area contributed by atoms with Crippen LogP contribution in [0.2, 0.25) is 0 Å². The Balaban J connectivity index is 1.78. The number of benzene rings is 3. The number of esters is 1. The zero-order valence-corrected chi connectivity index (χ0v) is 17.6. The third kappa shape index (κ3) is 4.02. The van der Waals surface area contributed by atoms with Crippen LogP contribution in [-0.2, 0) is 4.74 Å². The molecule has 0 saturated carbocycles. The molecule has 0 saturated heterocycles. The summed E-state index contributed by atoms with van der Waals surface area (Å²) in [4.78, 5) is 13.5. The van der Waals surface area contributed by atoms with E-state index in [1.165, 1.54) is 31.2 Å². The van der Waals surface area contributed by atoms with Crippen molar-refractivity contribution in [1.29, 1.82) is 0 Å². The standard InChI is InChI=1S/C22H15BrFNO3S/c1-27-22(26)20-16-11-17(23)18(25-29-15-5-3-2-4-6-15)12-19(16)28-21(20)13-7-9-14(24)10-8-13/h2-12,25H,1H3. The summed E-state index contributed by atoms with van der Waals surface area (Å²) in [6.07, 6.45) is 0. The summed E-state index contributed by atoms with van der Waals surface area (Å²) in [6, 6.07) is 19.3. The van der Waals surface area contributed by atoms with Crippen molar-refractivity contribution in [3.05, 3.63) is 82.6 Å². The van der Waals surface area contributed by atoms with Crippen LogP contribution in [-0.4, -0.2) is 13.1 Å². The van der Waals surface area contributed by atoms with Gasteiger partial charge in [0, 0.05) is 26.4 Å². The van der Waals surface area contributed by atoms with Crippen molar-refractivity contribution < 1.29 is 18.3 Å². The topological polar surface area (TPSA) is 51.5 Å². The van der Waals surface area contributed by atoms with Gasteiger partial charge in [0.05, 0.1) is 12.8 Å². The van der Waals surface area contributed by atoms with Crippen LogP contribution in [0.5, 0.6) is 0 Å². The van der Waals surface area contributed by atoms with Gasteiger partial charge in [-0.05, 0) is 70.3 Å². The maximum Gasteiger partial charge on any atom is 0.342 e. The molecule has 29 heavy (non-hydrogen) atoms. The Labute approximate surface area is 179 Å². The molecule has 3 aromatic carbocycles. The van der Waals surface area contributed by atoms with E-state index in [9.17, 15) is 9.18 Å². The molecular weight excluding hydrogens is 457 g/mol. The molecule has 0 radical (unpaired) electrons. The van der Waals surface area contributed by atoms with Crippen molar-refractivity contribution >= 4 is 50.5 Å². The van der Waals surface area contributed by atoms with Crippen LogP contribution < -0.4 is 4.72 Å². The fourth-order valence-corrected chi connectivity index (χ4v) is 4.17. The van der Waals surface area contributed by atoms with E-state index >= 15 is 0 Å². The first-order valence-corrected chi connectivity index (χ1v) is 10.3. The van der Waals surface area contributed by atoms with Crippen LogP contribution in [0, 0.1) is 5.82 Å². The van der Waals surface area contributed by atoms with Crippen molar-refractivity contribution in [2.45, 2.75) is 4.90 Å². The van der Waals surface area contributed by atoms with Gasteiger partial charge < -0.3 is 13.9 Å². The van der Waals surface area contributed by atoms with E-state index in [4.69, 9.17) is 9.15 Å². The minimum Gasteiger partial charge on any atom is -0.465 e. The predicted octanol–water partition coefficient (Wildman–Crippen LogP) is 6.91. The lowest BCUT2D eigenvalue weighted by Gasteiger charge is -2.08. The number of anilines is 1. The third-order valence-electron chi connectivity index (χ3n) is 4.30. The third-order valence-corrected chi connectivity index (χ3v) is 5.78. The quantitative estimate of drug-likeness (QED) is 0.253. The Morgan fingerprint density at radius 3 is 2.52 bits per heavy atom. The van der Waals surface area contributed by atoms with Crippen LogP contribution in [0.25, 0.3) is 22.3 Å². The molecule has 4 nitrogen and oxygen atoms in total. The number of halogens is 2. The Morgan fingerprint density at radius 2 is 1.83 bits per heavy atom. The molecule has 0 atom stereocenters. The highest BCUT2D eigenvalue weighted by Crippen LogP contribution is 2.39. The number of carbonyl (C=O) groups is 1. The lowest BCUT2D eigenvalue weighted by Crippen LogP contribution is -2.02. The van der Waals surface area contributed by atoms with Gasteiger partial charge >= 0.3 is 5.97 Å². The van der Waals surface area contributed by atoms with Gasteiger partial charge in [-0.1, -0.05) is 18.2 Å². The van der Waals surface area contributed by atoms with Crippen LogP contribution in [0.15, 0.2) is 80.5 Å². The molecule has 0 amide bonds. The zero-order valence-electron chi connectivity index (χ0n) is 15.2. The molecule has 0 bridgehead atoms. The number of rotatable bonds is 5. The summed E-state index contributed by atoms with van der Waals surface area (Å²) in [5, 5.41) is 0.610. The van der Waals surface area contributed by atoms with Crippen molar-refractivity contribution in [3.63, 3.8) is 0 Å². The highest BCUT2D eigenvalue weighted by Gasteiger charge is 2.24. The van der Waals surface area contributed by atoms with Gasteiger partial charge in [-0.25, -0.2) is 9.18 Å². The maximum absolute atomic E-state index is 13.3. The first-order chi connectivity index (χ1) is 14.1. The summed E-state index contributed by atoms with van der Waals surface area (Å²) in [5.74, 6) is -0.544. The number of hydrogen-bond acceptors (Lipinski definition) is 5. The van der Waals surface area contributed by atoms with Crippen molar-refractivity contribution in [1.82, 2.24) is 0 Å². The monoisotopic (exact) mass is 471 g/mol. The van der Waals surface area contributed by atoms with Crippen molar-refractivity contribution in [3.8, 4) is 11.3 Å². The molecule has 146 valence electrons. The lowest BCUT2D eigenvalue weighted by atomic mass is 10.1. The highest BCUT2D eigenvalue weighted by molar-refractivity contribution is 9.10. The number of furan rings is 1. The second kappa shape index (κ2) is 8.31. The van der Waals surface area contributed by atoms with E-state index in [0.29, 0.717) is 27.9 Å². The summed E-state index contributed by atoms with van der Waals surface area (Å²) < 4.78 is 28.3. The molecule has 0 spiro atoms. The number of methoxy groups -OCH3 is 1. The molecule has 4 rings (SSSR count). The van der Waals surface area contributed by atoms with Gasteiger partial charge in [-0.15, -0.1) is 0 Å². The fourth-order valence-electron chi connectivity index (χ4n) is 2.91. The maximum atomic E-state index is 13.3.